The maximum absolute atomic E-state index is 9.72. The summed E-state index contributed by atoms with van der Waals surface area (Å²) >= 11 is 0. The molecule has 0 fully saturated rings. The molecule has 17 aromatic rings. The third-order valence-corrected chi connectivity index (χ3v) is 20.8. The molecule has 4 aromatic heterocycles. The first-order valence-electron chi connectivity index (χ1n) is 38.0. The van der Waals surface area contributed by atoms with Crippen molar-refractivity contribution in [3.63, 3.8) is 0 Å². The number of fused-ring (bicyclic) bond motifs is 17. The molecule has 2 aliphatic heterocycles. The SMILES string of the molecule is [2H]c1c([2H])c([2H])c(-c2ccc3c(c2)c2cc(C(C)(C)C)cc4c2n3-c2cc3[nH]c5c(-c6ccccc6-c6ccccc6-c6ccccc6)cccc5c3c3c2B4c2cc(-c4c([2H])c([2H])c([2H])c([2H])c4[2H])cc4c5cc(-n6c7ccc(C(C)(C)C)cc7c7cc(C(C)(C)C)ccc76)ccc5n-3c24)c([2H])c1[2H]. The Hall–Kier alpha value is -10.9. The van der Waals surface area contributed by atoms with Crippen LogP contribution in [0.5, 0.6) is 0 Å². The van der Waals surface area contributed by atoms with Crippen molar-refractivity contribution in [2.24, 2.45) is 0 Å². The van der Waals surface area contributed by atoms with Gasteiger partial charge < -0.3 is 18.7 Å². The largest absolute Gasteiger partial charge is 0.354 e. The van der Waals surface area contributed by atoms with Crippen molar-refractivity contribution >= 4 is 110 Å². The fourth-order valence-corrected chi connectivity index (χ4v) is 16.2. The molecule has 6 heterocycles. The summed E-state index contributed by atoms with van der Waals surface area (Å²) in [6, 6.07) is 68.4. The van der Waals surface area contributed by atoms with Crippen LogP contribution in [-0.4, -0.2) is 25.4 Å². The van der Waals surface area contributed by atoms with E-state index in [2.05, 4.69) is 257 Å². The normalized spacial score (nSPS) is 14.6. The standard InChI is InChI=1S/C90H71BN4/c1-88(2,3)58-37-41-77-69(47-58)70-48-59(89(4,5)6)38-42-78(70)93(77)61-39-43-80-71(51-61)72-45-57(54-26-15-11-16-27-54)46-74-86(72)95(80)87-82-67-35-23-34-66(65-33-22-21-32-64(65)63-31-20-19-30-62(63)55-28-17-12-18-29-55)84(67)92-76(82)52-81-83(87)91(74)75-50-60(90(7,8)9)49-73-68-44-56(53-24-13-10-14-25-53)36-40-79(68)94(81)85(73)75/h10-52,92H,1-9H3/i10D,11D,13D,14D,15D,16D,24D,25D,26D,27D. The highest BCUT2D eigenvalue weighted by molar-refractivity contribution is 7.00. The highest BCUT2D eigenvalue weighted by Crippen LogP contribution is 2.49. The number of hydrogen-bond acceptors (Lipinski definition) is 0. The van der Waals surface area contributed by atoms with E-state index < -0.39 is 48.4 Å². The number of aromatic nitrogens is 4. The number of nitrogens with zero attached hydrogens (tertiary/aromatic N) is 3. The van der Waals surface area contributed by atoms with Gasteiger partial charge in [-0.15, -0.1) is 0 Å². The molecule has 4 nitrogen and oxygen atoms in total. The Morgan fingerprint density at radius 2 is 0.842 bits per heavy atom. The van der Waals surface area contributed by atoms with Gasteiger partial charge in [0.05, 0.1) is 52.5 Å². The molecule has 0 saturated carbocycles. The average Bonchev–Trinajstić information content (AvgIpc) is 1.53. The number of hydrogen-bond donors (Lipinski definition) is 1. The van der Waals surface area contributed by atoms with Crippen LogP contribution in [0, 0.1) is 0 Å². The van der Waals surface area contributed by atoms with Gasteiger partial charge in [0.2, 0.25) is 0 Å². The van der Waals surface area contributed by atoms with Crippen LogP contribution in [-0.2, 0) is 16.2 Å². The minimum atomic E-state index is -0.542. The summed E-state index contributed by atoms with van der Waals surface area (Å²) in [5.74, 6) is 0. The highest BCUT2D eigenvalue weighted by atomic mass is 15.0. The third-order valence-electron chi connectivity index (χ3n) is 20.8. The van der Waals surface area contributed by atoms with E-state index >= 15 is 0 Å². The smallest absolute Gasteiger partial charge is 0.252 e. The lowest BCUT2D eigenvalue weighted by Crippen LogP contribution is -2.59. The predicted octanol–water partition coefficient (Wildman–Crippen LogP) is 22.0. The number of nitrogens with one attached hydrogen (secondary N) is 1. The third kappa shape index (κ3) is 8.15. The van der Waals surface area contributed by atoms with Crippen molar-refractivity contribution < 1.29 is 13.7 Å². The van der Waals surface area contributed by atoms with Gasteiger partial charge in [-0.1, -0.05) is 250 Å². The minimum Gasteiger partial charge on any atom is -0.354 e. The van der Waals surface area contributed by atoms with E-state index in [1.165, 1.54) is 11.1 Å². The molecule has 0 saturated heterocycles. The topological polar surface area (TPSA) is 30.6 Å². The molecule has 0 aliphatic carbocycles. The second-order valence-corrected chi connectivity index (χ2v) is 29.4. The van der Waals surface area contributed by atoms with Crippen LogP contribution in [0.3, 0.4) is 0 Å². The maximum atomic E-state index is 9.72. The Kier molecular flexibility index (Phi) is 9.65. The number of H-pyrrole nitrogens is 1. The van der Waals surface area contributed by atoms with Crippen LogP contribution in [0.4, 0.5) is 0 Å². The van der Waals surface area contributed by atoms with Gasteiger partial charge in [-0.05, 0) is 172 Å². The van der Waals surface area contributed by atoms with Gasteiger partial charge in [0.1, 0.15) is 0 Å². The van der Waals surface area contributed by atoms with Gasteiger partial charge in [-0.2, -0.15) is 0 Å². The number of aromatic amines is 1. The zero-order valence-corrected chi connectivity index (χ0v) is 54.5. The lowest BCUT2D eigenvalue weighted by molar-refractivity contribution is 0.590. The second-order valence-electron chi connectivity index (χ2n) is 29.4. The molecule has 454 valence electrons. The van der Waals surface area contributed by atoms with Crippen molar-refractivity contribution in [2.75, 3.05) is 0 Å². The van der Waals surface area contributed by atoms with Crippen LogP contribution < -0.4 is 16.4 Å². The van der Waals surface area contributed by atoms with E-state index in [0.29, 0.717) is 11.1 Å². The Bertz CT molecular complexity index is 6660. The Balaban J connectivity index is 0.981. The van der Waals surface area contributed by atoms with Gasteiger partial charge in [0.25, 0.3) is 6.71 Å². The number of rotatable bonds is 6. The summed E-state index contributed by atoms with van der Waals surface area (Å²) < 4.78 is 98.6. The fraction of sp³-hybridized carbons (Fsp3) is 0.133. The maximum Gasteiger partial charge on any atom is 0.252 e. The molecule has 0 spiro atoms. The second kappa shape index (κ2) is 19.8. The van der Waals surface area contributed by atoms with Crippen LogP contribution >= 0.6 is 0 Å². The van der Waals surface area contributed by atoms with Crippen molar-refractivity contribution in [1.29, 1.82) is 0 Å². The van der Waals surface area contributed by atoms with E-state index in [0.717, 1.165) is 160 Å². The van der Waals surface area contributed by atoms with E-state index in [1.54, 1.807) is 0 Å². The van der Waals surface area contributed by atoms with Crippen molar-refractivity contribution in [3.05, 3.63) is 277 Å². The summed E-state index contributed by atoms with van der Waals surface area (Å²) in [6.45, 7) is 19.6. The lowest BCUT2D eigenvalue weighted by Gasteiger charge is -2.35. The van der Waals surface area contributed by atoms with Gasteiger partial charge >= 0.3 is 0 Å². The van der Waals surface area contributed by atoms with E-state index in [4.69, 9.17) is 5.48 Å². The molecular formula is C90H71BN4. The first-order valence-corrected chi connectivity index (χ1v) is 33.0. The fourth-order valence-electron chi connectivity index (χ4n) is 16.2. The predicted molar refractivity (Wildman–Crippen MR) is 407 cm³/mol. The molecule has 0 radical (unpaired) electrons. The first-order chi connectivity index (χ1) is 50.2. The number of benzene rings is 13. The summed E-state index contributed by atoms with van der Waals surface area (Å²) in [5.41, 5.74) is 24.0. The molecule has 0 amide bonds. The zero-order chi connectivity index (χ0) is 72.8. The summed E-state index contributed by atoms with van der Waals surface area (Å²) in [4.78, 5) is 4.14. The minimum absolute atomic E-state index is 0.110. The first kappa shape index (κ1) is 46.2. The molecule has 95 heavy (non-hydrogen) atoms. The summed E-state index contributed by atoms with van der Waals surface area (Å²) in [7, 11) is 0. The molecule has 0 bridgehead atoms. The Morgan fingerprint density at radius 1 is 0.347 bits per heavy atom. The zero-order valence-electron chi connectivity index (χ0n) is 64.5. The molecule has 0 unspecified atom stereocenters. The molecule has 5 heteroatoms. The van der Waals surface area contributed by atoms with Gasteiger partial charge in [-0.3, -0.25) is 0 Å². The van der Waals surface area contributed by atoms with Crippen molar-refractivity contribution in [3.8, 4) is 72.7 Å². The molecule has 2 aliphatic rings. The quantitative estimate of drug-likeness (QED) is 0.161. The van der Waals surface area contributed by atoms with Crippen molar-refractivity contribution in [1.82, 2.24) is 18.7 Å². The van der Waals surface area contributed by atoms with Gasteiger partial charge in [0, 0.05) is 71.1 Å². The monoisotopic (exact) mass is 1230 g/mol. The average molecular weight is 1230 g/mol. The van der Waals surface area contributed by atoms with Crippen LogP contribution in [0.2, 0.25) is 0 Å². The Morgan fingerprint density at radius 3 is 1.51 bits per heavy atom. The van der Waals surface area contributed by atoms with Gasteiger partial charge in [-0.25, -0.2) is 0 Å². The molecule has 0 atom stereocenters. The summed E-state index contributed by atoms with van der Waals surface area (Å²) in [6.07, 6.45) is 0. The Labute approximate surface area is 568 Å². The van der Waals surface area contributed by atoms with Gasteiger partial charge in [0.15, 0.2) is 0 Å². The number of para-hydroxylation sites is 1. The van der Waals surface area contributed by atoms with Crippen LogP contribution in [0.25, 0.3) is 160 Å². The summed E-state index contributed by atoms with van der Waals surface area (Å²) in [5, 5.41) is 7.88. The van der Waals surface area contributed by atoms with Crippen LogP contribution in [0.1, 0.15) is 92.7 Å². The van der Waals surface area contributed by atoms with E-state index in [9.17, 15) is 8.22 Å². The molecule has 19 rings (SSSR count). The van der Waals surface area contributed by atoms with E-state index in [-0.39, 0.29) is 46.1 Å². The lowest BCUT2D eigenvalue weighted by atomic mass is 9.34. The highest BCUT2D eigenvalue weighted by Gasteiger charge is 2.44. The molecule has 1 N–H and O–H groups in total. The van der Waals surface area contributed by atoms with E-state index in [1.807, 2.05) is 24.3 Å². The van der Waals surface area contributed by atoms with Crippen molar-refractivity contribution in [2.45, 2.75) is 78.6 Å². The molecular weight excluding hydrogens is 1150 g/mol. The molecule has 13 aromatic carbocycles. The van der Waals surface area contributed by atoms with Crippen LogP contribution in [0.15, 0.2) is 261 Å².